The minimum Gasteiger partial charge on any atom is -0.444 e. The molecular formula is C38H58N4O6. The van der Waals surface area contributed by atoms with Crippen LogP contribution < -0.4 is 5.56 Å². The molecule has 2 atom stereocenters. The lowest BCUT2D eigenvalue weighted by Crippen LogP contribution is -2.62. The standard InChI is InChI=1S/C38H58N4O6/c1-27(22-28-10-6-5-7-11-28)33(44)41-17-16-38(47,37(25-41)14-8-9-15-37)26-42-24-31(30(23-32(42)43)29-12-13-29)34(45)39-18-20-40(21-19-39)35(46)48-36(2,3)4/h23-24,27-29,47H,5-22,25-26H2,1-4H3/t27?,38-/m1/s1. The second-order valence-corrected chi connectivity index (χ2v) is 16.8. The van der Waals surface area contributed by atoms with E-state index in [1.165, 1.54) is 32.1 Å². The van der Waals surface area contributed by atoms with Crippen molar-refractivity contribution >= 4 is 17.9 Å². The van der Waals surface area contributed by atoms with Gasteiger partial charge in [0.15, 0.2) is 0 Å². The Bertz CT molecular complexity index is 1410. The first-order chi connectivity index (χ1) is 22.8. The average Bonchev–Trinajstić information content (AvgIpc) is 3.79. The molecule has 1 aromatic heterocycles. The molecule has 266 valence electrons. The molecule has 5 aliphatic rings. The van der Waals surface area contributed by atoms with Crippen LogP contribution in [0.5, 0.6) is 0 Å². The summed E-state index contributed by atoms with van der Waals surface area (Å²) in [6.45, 7) is 10.3. The Balaban J connectivity index is 1.17. The van der Waals surface area contributed by atoms with Crippen LogP contribution in [0.3, 0.4) is 0 Å². The largest absolute Gasteiger partial charge is 0.444 e. The predicted molar refractivity (Wildman–Crippen MR) is 184 cm³/mol. The Hall–Kier alpha value is -2.88. The number of piperidine rings is 1. The van der Waals surface area contributed by atoms with Crippen LogP contribution in [-0.4, -0.2) is 92.8 Å². The number of carbonyl (C=O) groups excluding carboxylic acids is 3. The molecule has 2 aliphatic heterocycles. The number of piperazine rings is 1. The van der Waals surface area contributed by atoms with Gasteiger partial charge in [-0.2, -0.15) is 0 Å². The van der Waals surface area contributed by atoms with Crippen molar-refractivity contribution in [2.24, 2.45) is 17.3 Å². The number of aliphatic hydroxyl groups is 1. The molecule has 0 aromatic carbocycles. The molecule has 3 aliphatic carbocycles. The highest BCUT2D eigenvalue weighted by Gasteiger charge is 2.56. The van der Waals surface area contributed by atoms with E-state index in [9.17, 15) is 24.3 Å². The fourth-order valence-corrected chi connectivity index (χ4v) is 9.11. The quantitative estimate of drug-likeness (QED) is 0.409. The van der Waals surface area contributed by atoms with Crippen molar-refractivity contribution in [2.75, 3.05) is 39.3 Å². The normalized spacial score (nSPS) is 25.7. The minimum atomic E-state index is -1.16. The van der Waals surface area contributed by atoms with E-state index in [4.69, 9.17) is 4.74 Å². The molecule has 10 heteroatoms. The Morgan fingerprint density at radius 3 is 2.17 bits per heavy atom. The molecule has 3 saturated carbocycles. The Kier molecular flexibility index (Phi) is 10.0. The second-order valence-electron chi connectivity index (χ2n) is 16.8. The first-order valence-corrected chi connectivity index (χ1v) is 18.8. The van der Waals surface area contributed by atoms with Crippen molar-refractivity contribution in [2.45, 2.75) is 135 Å². The number of ether oxygens (including phenoxy) is 1. The molecule has 48 heavy (non-hydrogen) atoms. The molecule has 1 unspecified atom stereocenters. The number of hydrogen-bond acceptors (Lipinski definition) is 6. The van der Waals surface area contributed by atoms with E-state index in [0.717, 1.165) is 50.5 Å². The van der Waals surface area contributed by atoms with Gasteiger partial charge in [-0.1, -0.05) is 51.9 Å². The summed E-state index contributed by atoms with van der Waals surface area (Å²) in [5.74, 6) is 0.887. The van der Waals surface area contributed by atoms with E-state index in [1.54, 1.807) is 26.6 Å². The van der Waals surface area contributed by atoms with Gasteiger partial charge in [-0.25, -0.2) is 4.79 Å². The number of amides is 3. The summed E-state index contributed by atoms with van der Waals surface area (Å²) in [6, 6.07) is 1.62. The zero-order valence-corrected chi connectivity index (χ0v) is 29.8. The first-order valence-electron chi connectivity index (χ1n) is 18.8. The maximum absolute atomic E-state index is 14.0. The summed E-state index contributed by atoms with van der Waals surface area (Å²) in [4.78, 5) is 59.4. The van der Waals surface area contributed by atoms with Crippen molar-refractivity contribution in [1.29, 1.82) is 0 Å². The second kappa shape index (κ2) is 13.8. The summed E-state index contributed by atoms with van der Waals surface area (Å²) in [5.41, 5.74) is -1.08. The van der Waals surface area contributed by atoms with Crippen LogP contribution in [0.15, 0.2) is 17.1 Å². The SMILES string of the molecule is CC(CC1CCCCC1)C(=O)N1CC[C@@](O)(Cn2cc(C(=O)N3CCN(C(=O)OC(C)(C)C)CC3)c(C3CC3)cc2=O)C2(CCCC2)C1. The van der Waals surface area contributed by atoms with Crippen LogP contribution >= 0.6 is 0 Å². The summed E-state index contributed by atoms with van der Waals surface area (Å²) < 4.78 is 7.10. The van der Waals surface area contributed by atoms with Gasteiger partial charge in [0, 0.05) is 62.9 Å². The molecule has 3 amide bonds. The molecule has 0 bridgehead atoms. The molecule has 0 radical (unpaired) electrons. The lowest BCUT2D eigenvalue weighted by atomic mass is 9.65. The average molecular weight is 667 g/mol. The molecule has 6 rings (SSSR count). The molecule has 5 fully saturated rings. The lowest BCUT2D eigenvalue weighted by Gasteiger charge is -2.53. The van der Waals surface area contributed by atoms with Gasteiger partial charge >= 0.3 is 6.09 Å². The zero-order valence-electron chi connectivity index (χ0n) is 29.8. The maximum Gasteiger partial charge on any atom is 0.410 e. The smallest absolute Gasteiger partial charge is 0.410 e. The van der Waals surface area contributed by atoms with E-state index >= 15 is 0 Å². The van der Waals surface area contributed by atoms with E-state index in [2.05, 4.69) is 6.92 Å². The van der Waals surface area contributed by atoms with Crippen molar-refractivity contribution in [3.05, 3.63) is 33.7 Å². The van der Waals surface area contributed by atoms with Crippen LogP contribution in [-0.2, 0) is 16.1 Å². The number of rotatable bonds is 7. The Labute approximate surface area is 286 Å². The Morgan fingerprint density at radius 2 is 1.54 bits per heavy atom. The van der Waals surface area contributed by atoms with Gasteiger partial charge in [-0.05, 0) is 76.7 Å². The van der Waals surface area contributed by atoms with Gasteiger partial charge in [0.25, 0.3) is 11.5 Å². The number of aromatic nitrogens is 1. The van der Waals surface area contributed by atoms with Crippen LogP contribution in [0.2, 0.25) is 0 Å². The minimum absolute atomic E-state index is 0.0186. The third-order valence-electron chi connectivity index (χ3n) is 12.0. The van der Waals surface area contributed by atoms with Crippen molar-refractivity contribution in [3.63, 3.8) is 0 Å². The third kappa shape index (κ3) is 7.48. The molecule has 2 saturated heterocycles. The van der Waals surface area contributed by atoms with E-state index in [1.807, 2.05) is 25.7 Å². The molecule has 10 nitrogen and oxygen atoms in total. The molecule has 3 heterocycles. The van der Waals surface area contributed by atoms with Gasteiger partial charge in [-0.3, -0.25) is 14.4 Å². The fourth-order valence-electron chi connectivity index (χ4n) is 9.11. The number of likely N-dealkylation sites (tertiary alicyclic amines) is 1. The van der Waals surface area contributed by atoms with Gasteiger partial charge in [0.2, 0.25) is 5.91 Å². The van der Waals surface area contributed by atoms with Gasteiger partial charge < -0.3 is 29.1 Å². The number of nitrogens with zero attached hydrogens (tertiary/aromatic N) is 4. The summed E-state index contributed by atoms with van der Waals surface area (Å²) in [7, 11) is 0. The molecular weight excluding hydrogens is 608 g/mol. The van der Waals surface area contributed by atoms with Gasteiger partial charge in [0.05, 0.1) is 17.7 Å². The van der Waals surface area contributed by atoms with Gasteiger partial charge in [0.1, 0.15) is 5.60 Å². The van der Waals surface area contributed by atoms with Crippen LogP contribution in [0, 0.1) is 17.3 Å². The van der Waals surface area contributed by atoms with E-state index in [0.29, 0.717) is 57.2 Å². The van der Waals surface area contributed by atoms with Gasteiger partial charge in [-0.15, -0.1) is 0 Å². The number of hydrogen-bond donors (Lipinski definition) is 1. The van der Waals surface area contributed by atoms with Crippen LogP contribution in [0.4, 0.5) is 4.79 Å². The lowest BCUT2D eigenvalue weighted by molar-refractivity contribution is -0.163. The molecule has 1 aromatic rings. The topological polar surface area (TPSA) is 112 Å². The van der Waals surface area contributed by atoms with Crippen molar-refractivity contribution in [1.82, 2.24) is 19.3 Å². The number of carbonyl (C=O) groups is 3. The highest BCUT2D eigenvalue weighted by molar-refractivity contribution is 5.96. The van der Waals surface area contributed by atoms with Crippen molar-refractivity contribution < 1.29 is 24.2 Å². The monoisotopic (exact) mass is 666 g/mol. The fraction of sp³-hybridized carbons (Fsp3) is 0.789. The summed E-state index contributed by atoms with van der Waals surface area (Å²) >= 11 is 0. The third-order valence-corrected chi connectivity index (χ3v) is 12.0. The predicted octanol–water partition coefficient (Wildman–Crippen LogP) is 5.55. The van der Waals surface area contributed by atoms with Crippen LogP contribution in [0.25, 0.3) is 0 Å². The summed E-state index contributed by atoms with van der Waals surface area (Å²) in [5, 5.41) is 12.5. The first kappa shape index (κ1) is 35.0. The maximum atomic E-state index is 14.0. The number of pyridine rings is 1. The molecule has 1 spiro atoms. The van der Waals surface area contributed by atoms with Crippen molar-refractivity contribution in [3.8, 4) is 0 Å². The highest BCUT2D eigenvalue weighted by Crippen LogP contribution is 2.52. The molecule has 1 N–H and O–H groups in total. The zero-order chi connectivity index (χ0) is 34.3. The van der Waals surface area contributed by atoms with E-state index < -0.39 is 16.6 Å². The highest BCUT2D eigenvalue weighted by atomic mass is 16.6. The van der Waals surface area contributed by atoms with Crippen LogP contribution in [0.1, 0.15) is 133 Å². The Morgan fingerprint density at radius 1 is 0.896 bits per heavy atom. The van der Waals surface area contributed by atoms with E-state index in [-0.39, 0.29) is 41.8 Å². The summed E-state index contributed by atoms with van der Waals surface area (Å²) in [6.07, 6.45) is 14.5.